The molecule has 352 valence electrons. The van der Waals surface area contributed by atoms with Gasteiger partial charge in [-0.25, -0.2) is 4.79 Å². The molecule has 1 fully saturated rings. The lowest BCUT2D eigenvalue weighted by atomic mass is 9.55. The van der Waals surface area contributed by atoms with E-state index in [4.69, 9.17) is 33.7 Å². The first kappa shape index (κ1) is 46.5. The summed E-state index contributed by atoms with van der Waals surface area (Å²) in [6.07, 6.45) is 6.80. The highest BCUT2D eigenvalue weighted by molar-refractivity contribution is 6.03. The number of unbranched alkanes of at least 4 members (excludes halogenated alkanes) is 2. The number of hydrogen-bond donors (Lipinski definition) is 3. The zero-order valence-corrected chi connectivity index (χ0v) is 36.6. The van der Waals surface area contributed by atoms with Gasteiger partial charge in [0.1, 0.15) is 29.9 Å². The van der Waals surface area contributed by atoms with E-state index in [1.54, 1.807) is 48.5 Å². The van der Waals surface area contributed by atoms with Crippen molar-refractivity contribution in [2.45, 2.75) is 75.8 Å². The van der Waals surface area contributed by atoms with Crippen molar-refractivity contribution in [3.63, 3.8) is 0 Å². The van der Waals surface area contributed by atoms with Crippen LogP contribution in [0.1, 0.15) is 67.6 Å². The van der Waals surface area contributed by atoms with Crippen LogP contribution in [0.3, 0.4) is 0 Å². The number of amides is 1. The molecule has 4 aliphatic rings. The zero-order valence-electron chi connectivity index (χ0n) is 36.6. The quantitative estimate of drug-likeness (QED) is 0.0326. The van der Waals surface area contributed by atoms with Gasteiger partial charge in [-0.05, 0) is 109 Å². The minimum atomic E-state index is -1.69. The number of aromatic hydroxyl groups is 1. The fraction of sp³-hybridized carbons (Fsp3) is 0.388. The van der Waals surface area contributed by atoms with E-state index in [9.17, 15) is 35.5 Å². The summed E-state index contributed by atoms with van der Waals surface area (Å²) in [6.45, 7) is 3.86. The van der Waals surface area contributed by atoms with Gasteiger partial charge in [0.25, 0.3) is 11.4 Å². The number of rotatable bonds is 20. The summed E-state index contributed by atoms with van der Waals surface area (Å²) < 4.78 is 31.6. The molecular formula is C49H52N4O14. The van der Waals surface area contributed by atoms with Crippen LogP contribution in [-0.2, 0) is 22.7 Å². The summed E-state index contributed by atoms with van der Waals surface area (Å²) in [5.41, 5.74) is 2.90. The Hall–Kier alpha value is -7.02. The van der Waals surface area contributed by atoms with Gasteiger partial charge in [0.15, 0.2) is 11.5 Å². The molecule has 1 saturated carbocycles. The average molecular weight is 921 g/mol. The Labute approximate surface area is 385 Å². The molecule has 18 nitrogen and oxygen atoms in total. The Bertz CT molecular complexity index is 2510. The second-order valence-electron chi connectivity index (χ2n) is 16.9. The second-order valence-corrected chi connectivity index (χ2v) is 16.9. The number of nitro benzene ring substituents is 2. The van der Waals surface area contributed by atoms with Crippen LogP contribution >= 0.6 is 0 Å². The molecule has 4 aromatic rings. The van der Waals surface area contributed by atoms with Crippen molar-refractivity contribution >= 4 is 23.2 Å². The third-order valence-electron chi connectivity index (χ3n) is 12.9. The van der Waals surface area contributed by atoms with E-state index < -0.39 is 39.6 Å². The van der Waals surface area contributed by atoms with Gasteiger partial charge in [0.2, 0.25) is 12.6 Å². The van der Waals surface area contributed by atoms with Crippen molar-refractivity contribution in [1.82, 2.24) is 4.90 Å². The van der Waals surface area contributed by atoms with Crippen LogP contribution in [0, 0.1) is 38.0 Å². The Morgan fingerprint density at radius 1 is 0.866 bits per heavy atom. The van der Waals surface area contributed by atoms with Gasteiger partial charge >= 0.3 is 6.09 Å². The standard InChI is InChI=1S/C49H52N4O14/c1-2-23-64-49-45(51(28-32-11-19-43-44(24-32)63-30-62-43)48(57)66-37-17-14-35(15-18-37)53(60)61)27-41(50-65-29-31-9-12-34(13-10-31)52(58)59)39-25-33(7-3-5-21-54)38(8-4-6-22-55)46(47(39)49)40-26-36(56)16-20-42(40)67-49/h2,9-20,24-26,33,38,45-47,54-56H,1,3-8,21-23,27-30H2/t33-,38+,45-,46+,47+,49+/m0/s1. The molecule has 18 heteroatoms. The first-order valence-corrected chi connectivity index (χ1v) is 22.3. The number of fused-ring (bicyclic) bond motifs is 3. The number of nitro groups is 2. The maximum Gasteiger partial charge on any atom is 0.416 e. The number of non-ortho nitro benzene ring substituents is 2. The Morgan fingerprint density at radius 2 is 1.54 bits per heavy atom. The van der Waals surface area contributed by atoms with Gasteiger partial charge in [-0.3, -0.25) is 25.1 Å². The van der Waals surface area contributed by atoms with Crippen LogP contribution < -0.4 is 18.9 Å². The van der Waals surface area contributed by atoms with Gasteiger partial charge in [-0.2, -0.15) is 0 Å². The summed E-state index contributed by atoms with van der Waals surface area (Å²) in [4.78, 5) is 44.6. The first-order valence-electron chi connectivity index (χ1n) is 22.3. The Kier molecular flexibility index (Phi) is 14.3. The summed E-state index contributed by atoms with van der Waals surface area (Å²) in [5, 5.41) is 58.6. The smallest absolute Gasteiger partial charge is 0.416 e. The fourth-order valence-corrected chi connectivity index (χ4v) is 9.89. The van der Waals surface area contributed by atoms with Crippen LogP contribution in [-0.4, -0.2) is 80.3 Å². The maximum atomic E-state index is 15.1. The number of benzene rings is 4. The number of aliphatic hydroxyl groups is 2. The van der Waals surface area contributed by atoms with Crippen molar-refractivity contribution in [2.24, 2.45) is 22.9 Å². The molecule has 0 aromatic heterocycles. The minimum Gasteiger partial charge on any atom is -0.508 e. The van der Waals surface area contributed by atoms with E-state index in [1.807, 2.05) is 0 Å². The number of allylic oxidation sites excluding steroid dienone is 1. The molecule has 8 rings (SSSR count). The zero-order chi connectivity index (χ0) is 47.1. The van der Waals surface area contributed by atoms with E-state index in [1.165, 1.54) is 47.4 Å². The van der Waals surface area contributed by atoms with Crippen molar-refractivity contribution in [1.29, 1.82) is 0 Å². The van der Waals surface area contributed by atoms with Crippen molar-refractivity contribution < 1.29 is 58.5 Å². The molecule has 0 radical (unpaired) electrons. The lowest BCUT2D eigenvalue weighted by Crippen LogP contribution is -2.70. The van der Waals surface area contributed by atoms with E-state index in [-0.39, 0.29) is 80.9 Å². The molecular weight excluding hydrogens is 869 g/mol. The number of phenolic OH excluding ortho intramolecular Hbond substituents is 1. The molecule has 2 aliphatic heterocycles. The van der Waals surface area contributed by atoms with Gasteiger partial charge < -0.3 is 43.8 Å². The molecule has 4 aromatic carbocycles. The molecule has 2 heterocycles. The lowest BCUT2D eigenvalue weighted by Gasteiger charge is -2.59. The van der Waals surface area contributed by atoms with Crippen LogP contribution in [0.25, 0.3) is 0 Å². The molecule has 0 saturated heterocycles. The van der Waals surface area contributed by atoms with Crippen molar-refractivity contribution in [3.8, 4) is 28.7 Å². The predicted molar refractivity (Wildman–Crippen MR) is 242 cm³/mol. The lowest BCUT2D eigenvalue weighted by molar-refractivity contribution is -0.385. The summed E-state index contributed by atoms with van der Waals surface area (Å²) >= 11 is 0. The number of phenols is 1. The first-order chi connectivity index (χ1) is 32.5. The van der Waals surface area contributed by atoms with E-state index in [2.05, 4.69) is 12.7 Å². The monoisotopic (exact) mass is 920 g/mol. The van der Waals surface area contributed by atoms with E-state index >= 15 is 4.79 Å². The minimum absolute atomic E-state index is 0.000619. The molecule has 67 heavy (non-hydrogen) atoms. The number of oxime groups is 1. The summed E-state index contributed by atoms with van der Waals surface area (Å²) in [5.74, 6) is -1.55. The highest BCUT2D eigenvalue weighted by Crippen LogP contribution is 2.62. The van der Waals surface area contributed by atoms with Gasteiger partial charge in [0.05, 0.1) is 28.1 Å². The number of aliphatic hydroxyl groups excluding tert-OH is 2. The summed E-state index contributed by atoms with van der Waals surface area (Å²) in [7, 11) is 0. The number of carbonyl (C=O) groups excluding carboxylic acids is 1. The van der Waals surface area contributed by atoms with Crippen molar-refractivity contribution in [2.75, 3.05) is 26.6 Å². The predicted octanol–water partition coefficient (Wildman–Crippen LogP) is 8.47. The largest absolute Gasteiger partial charge is 0.508 e. The molecule has 0 spiro atoms. The highest BCUT2D eigenvalue weighted by Gasteiger charge is 2.65. The Morgan fingerprint density at radius 3 is 2.24 bits per heavy atom. The second kappa shape index (κ2) is 20.7. The van der Waals surface area contributed by atoms with Gasteiger partial charge in [0, 0.05) is 61.9 Å². The number of carbonyl (C=O) groups is 1. The Balaban J connectivity index is 1.32. The van der Waals surface area contributed by atoms with Crippen LogP contribution in [0.15, 0.2) is 114 Å². The van der Waals surface area contributed by atoms with E-state index in [0.717, 1.165) is 11.1 Å². The molecule has 2 aliphatic carbocycles. The normalized spacial score (nSPS) is 22.7. The van der Waals surface area contributed by atoms with E-state index in [0.29, 0.717) is 72.6 Å². The third kappa shape index (κ3) is 9.91. The van der Waals surface area contributed by atoms with Gasteiger partial charge in [-0.1, -0.05) is 36.2 Å². The number of hydrogen-bond acceptors (Lipinski definition) is 15. The van der Waals surface area contributed by atoms with Crippen LogP contribution in [0.4, 0.5) is 16.2 Å². The van der Waals surface area contributed by atoms with Crippen LogP contribution in [0.2, 0.25) is 0 Å². The molecule has 0 bridgehead atoms. The molecule has 0 unspecified atom stereocenters. The highest BCUT2D eigenvalue weighted by atomic mass is 16.7. The molecule has 1 amide bonds. The third-order valence-corrected chi connectivity index (χ3v) is 12.9. The van der Waals surface area contributed by atoms with Gasteiger partial charge in [-0.15, -0.1) is 6.58 Å². The molecule has 6 atom stereocenters. The molecule has 3 N–H and O–H groups in total. The van der Waals surface area contributed by atoms with Crippen LogP contribution in [0.5, 0.6) is 28.7 Å². The topological polar surface area (TPSA) is 235 Å². The SMILES string of the molecule is C=CCO[C@@]12Oc3ccc(O)cc3[C@H]3[C@H](CCCCO)[C@@H](CCCCO)C=C(C(=NOCc4ccc([N+](=O)[O-])cc4)C[C@@H]1N(Cc1ccc4c(c1)OCO4)C(=O)Oc1ccc([N+](=O)[O-])cc1)[C@H]32. The fourth-order valence-electron chi connectivity index (χ4n) is 9.89. The number of ether oxygens (including phenoxy) is 5. The maximum absolute atomic E-state index is 15.1. The summed E-state index contributed by atoms with van der Waals surface area (Å²) in [6, 6.07) is 20.2. The number of nitrogens with zero attached hydrogens (tertiary/aromatic N) is 4. The average Bonchev–Trinajstić information content (AvgIpc) is 3.80. The van der Waals surface area contributed by atoms with Crippen molar-refractivity contribution in [3.05, 3.63) is 146 Å².